The van der Waals surface area contributed by atoms with Crippen LogP contribution in [0.4, 0.5) is 4.39 Å². The SMILES string of the molecule is FCc1cccc(COc2nc(C3CC3)nc3c2CCNCC3)c1. The fourth-order valence-corrected chi connectivity index (χ4v) is 3.13. The molecule has 4 rings (SSSR count). The van der Waals surface area contributed by atoms with Crippen LogP contribution in [-0.2, 0) is 26.1 Å². The summed E-state index contributed by atoms with van der Waals surface area (Å²) in [6, 6.07) is 7.47. The van der Waals surface area contributed by atoms with Gasteiger partial charge < -0.3 is 10.1 Å². The Morgan fingerprint density at radius 3 is 2.79 bits per heavy atom. The number of nitrogens with one attached hydrogen (secondary N) is 1. The average Bonchev–Trinajstić information content (AvgIpc) is 3.46. The van der Waals surface area contributed by atoms with E-state index < -0.39 is 6.67 Å². The van der Waals surface area contributed by atoms with E-state index in [0.717, 1.165) is 54.5 Å². The summed E-state index contributed by atoms with van der Waals surface area (Å²) in [5.74, 6) is 2.16. The molecule has 2 aliphatic rings. The minimum Gasteiger partial charge on any atom is -0.473 e. The summed E-state index contributed by atoms with van der Waals surface area (Å²) in [7, 11) is 0. The first-order valence-electron chi connectivity index (χ1n) is 8.70. The van der Waals surface area contributed by atoms with Gasteiger partial charge in [0.05, 0.1) is 5.69 Å². The molecule has 2 heterocycles. The number of aromatic nitrogens is 2. The third kappa shape index (κ3) is 3.41. The summed E-state index contributed by atoms with van der Waals surface area (Å²) < 4.78 is 18.9. The van der Waals surface area contributed by atoms with Crippen molar-refractivity contribution in [3.8, 4) is 5.88 Å². The molecule has 0 bridgehead atoms. The van der Waals surface area contributed by atoms with Crippen molar-refractivity contribution in [1.82, 2.24) is 15.3 Å². The fourth-order valence-electron chi connectivity index (χ4n) is 3.13. The van der Waals surface area contributed by atoms with Crippen LogP contribution in [0.5, 0.6) is 5.88 Å². The normalized spacial score (nSPS) is 17.2. The largest absolute Gasteiger partial charge is 0.473 e. The molecule has 1 aromatic heterocycles. The number of nitrogens with zero attached hydrogens (tertiary/aromatic N) is 2. The van der Waals surface area contributed by atoms with Gasteiger partial charge in [-0.25, -0.2) is 9.37 Å². The van der Waals surface area contributed by atoms with Gasteiger partial charge in [-0.2, -0.15) is 4.98 Å². The van der Waals surface area contributed by atoms with Crippen LogP contribution in [0.2, 0.25) is 0 Å². The Kier molecular flexibility index (Phi) is 4.43. The Balaban J connectivity index is 1.59. The van der Waals surface area contributed by atoms with E-state index in [4.69, 9.17) is 14.7 Å². The van der Waals surface area contributed by atoms with Crippen molar-refractivity contribution in [2.75, 3.05) is 13.1 Å². The van der Waals surface area contributed by atoms with Crippen LogP contribution in [0, 0.1) is 0 Å². The molecule has 0 spiro atoms. The van der Waals surface area contributed by atoms with E-state index >= 15 is 0 Å². The Labute approximate surface area is 141 Å². The Hall–Kier alpha value is -2.01. The van der Waals surface area contributed by atoms with E-state index in [1.807, 2.05) is 18.2 Å². The lowest BCUT2D eigenvalue weighted by atomic mass is 10.1. The quantitative estimate of drug-likeness (QED) is 0.917. The molecule has 0 amide bonds. The van der Waals surface area contributed by atoms with Gasteiger partial charge in [-0.1, -0.05) is 18.2 Å². The zero-order chi connectivity index (χ0) is 16.4. The van der Waals surface area contributed by atoms with Crippen LogP contribution in [-0.4, -0.2) is 23.1 Å². The second kappa shape index (κ2) is 6.85. The van der Waals surface area contributed by atoms with Crippen LogP contribution < -0.4 is 10.1 Å². The summed E-state index contributed by atoms with van der Waals surface area (Å²) in [6.45, 7) is 1.84. The Morgan fingerprint density at radius 1 is 1.12 bits per heavy atom. The lowest BCUT2D eigenvalue weighted by Gasteiger charge is -2.14. The number of fused-ring (bicyclic) bond motifs is 1. The van der Waals surface area contributed by atoms with Gasteiger partial charge in [-0.15, -0.1) is 0 Å². The monoisotopic (exact) mass is 327 g/mol. The van der Waals surface area contributed by atoms with Crippen LogP contribution in [0.15, 0.2) is 24.3 Å². The van der Waals surface area contributed by atoms with Gasteiger partial charge in [0.15, 0.2) is 0 Å². The molecule has 1 saturated carbocycles. The molecule has 24 heavy (non-hydrogen) atoms. The first kappa shape index (κ1) is 15.5. The van der Waals surface area contributed by atoms with Crippen molar-refractivity contribution in [3.63, 3.8) is 0 Å². The van der Waals surface area contributed by atoms with E-state index in [2.05, 4.69) is 5.32 Å². The van der Waals surface area contributed by atoms with Crippen molar-refractivity contribution in [2.45, 2.75) is 44.9 Å². The molecule has 0 radical (unpaired) electrons. The van der Waals surface area contributed by atoms with Crippen LogP contribution in [0.25, 0.3) is 0 Å². The van der Waals surface area contributed by atoms with E-state index in [9.17, 15) is 4.39 Å². The van der Waals surface area contributed by atoms with Crippen molar-refractivity contribution in [3.05, 3.63) is 52.5 Å². The number of alkyl halides is 1. The summed E-state index contributed by atoms with van der Waals surface area (Å²) >= 11 is 0. The topological polar surface area (TPSA) is 47.0 Å². The second-order valence-corrected chi connectivity index (χ2v) is 6.58. The van der Waals surface area contributed by atoms with Crippen molar-refractivity contribution < 1.29 is 9.13 Å². The molecule has 1 aliphatic heterocycles. The van der Waals surface area contributed by atoms with E-state index in [1.165, 1.54) is 12.8 Å². The van der Waals surface area contributed by atoms with Gasteiger partial charge in [0.1, 0.15) is 19.1 Å². The molecule has 126 valence electrons. The van der Waals surface area contributed by atoms with E-state index in [1.54, 1.807) is 6.07 Å². The van der Waals surface area contributed by atoms with Gasteiger partial charge in [-0.05, 0) is 43.0 Å². The molecule has 1 aliphatic carbocycles. The number of benzene rings is 1. The molecule has 1 N–H and O–H groups in total. The highest BCUT2D eigenvalue weighted by Gasteiger charge is 2.29. The van der Waals surface area contributed by atoms with Crippen molar-refractivity contribution >= 4 is 0 Å². The second-order valence-electron chi connectivity index (χ2n) is 6.58. The van der Waals surface area contributed by atoms with Crippen LogP contribution in [0.3, 0.4) is 0 Å². The van der Waals surface area contributed by atoms with Crippen LogP contribution >= 0.6 is 0 Å². The van der Waals surface area contributed by atoms with E-state index in [-0.39, 0.29) is 0 Å². The minimum absolute atomic E-state index is 0.412. The number of halogens is 1. The summed E-state index contributed by atoms with van der Waals surface area (Å²) in [5, 5.41) is 3.41. The molecule has 4 nitrogen and oxygen atoms in total. The molecule has 5 heteroatoms. The molecule has 1 aromatic carbocycles. The summed E-state index contributed by atoms with van der Waals surface area (Å²) in [5.41, 5.74) is 3.91. The molecule has 0 saturated heterocycles. The first-order valence-corrected chi connectivity index (χ1v) is 8.70. The first-order chi connectivity index (χ1) is 11.8. The predicted octanol–water partition coefficient (Wildman–Crippen LogP) is 3.09. The highest BCUT2D eigenvalue weighted by Crippen LogP contribution is 2.39. The van der Waals surface area contributed by atoms with Gasteiger partial charge in [0, 0.05) is 24.4 Å². The molecular formula is C19H22FN3O. The van der Waals surface area contributed by atoms with Crippen molar-refractivity contribution in [2.24, 2.45) is 0 Å². The smallest absolute Gasteiger partial charge is 0.220 e. The molecule has 1 fully saturated rings. The number of ether oxygens (including phenoxy) is 1. The predicted molar refractivity (Wildman–Crippen MR) is 89.9 cm³/mol. The number of rotatable bonds is 5. The Morgan fingerprint density at radius 2 is 1.96 bits per heavy atom. The standard InChI is InChI=1S/C19H22FN3O/c20-11-13-2-1-3-14(10-13)12-24-19-16-6-8-21-9-7-17(16)22-18(23-19)15-4-5-15/h1-3,10,15,21H,4-9,11-12H2. The van der Waals surface area contributed by atoms with Crippen molar-refractivity contribution in [1.29, 1.82) is 0 Å². The minimum atomic E-state index is -0.450. The van der Waals surface area contributed by atoms with E-state index in [0.29, 0.717) is 18.1 Å². The zero-order valence-corrected chi connectivity index (χ0v) is 13.7. The lowest BCUT2D eigenvalue weighted by Crippen LogP contribution is -2.16. The third-order valence-electron chi connectivity index (χ3n) is 4.63. The highest BCUT2D eigenvalue weighted by atomic mass is 19.1. The number of hydrogen-bond donors (Lipinski definition) is 1. The van der Waals surface area contributed by atoms with Gasteiger partial charge in [0.25, 0.3) is 0 Å². The maximum Gasteiger partial charge on any atom is 0.220 e. The highest BCUT2D eigenvalue weighted by molar-refractivity contribution is 5.34. The summed E-state index contributed by atoms with van der Waals surface area (Å²) in [4.78, 5) is 9.51. The van der Waals surface area contributed by atoms with Gasteiger partial charge in [0.2, 0.25) is 5.88 Å². The maximum absolute atomic E-state index is 12.8. The lowest BCUT2D eigenvalue weighted by molar-refractivity contribution is 0.288. The molecular weight excluding hydrogens is 305 g/mol. The fraction of sp³-hybridized carbons (Fsp3) is 0.474. The zero-order valence-electron chi connectivity index (χ0n) is 13.7. The molecule has 0 unspecified atom stereocenters. The average molecular weight is 327 g/mol. The Bertz CT molecular complexity index is 731. The van der Waals surface area contributed by atoms with Gasteiger partial charge >= 0.3 is 0 Å². The maximum atomic E-state index is 12.8. The van der Waals surface area contributed by atoms with Crippen LogP contribution in [0.1, 0.15) is 47.0 Å². The summed E-state index contributed by atoms with van der Waals surface area (Å²) in [6.07, 6.45) is 4.16. The molecule has 0 atom stereocenters. The van der Waals surface area contributed by atoms with Gasteiger partial charge in [-0.3, -0.25) is 0 Å². The molecule has 2 aromatic rings. The number of hydrogen-bond acceptors (Lipinski definition) is 4. The third-order valence-corrected chi connectivity index (χ3v) is 4.63.